The van der Waals surface area contributed by atoms with Gasteiger partial charge in [0.1, 0.15) is 19.3 Å². The van der Waals surface area contributed by atoms with Crippen molar-refractivity contribution in [3.8, 4) is 16.8 Å². The first-order valence-corrected chi connectivity index (χ1v) is 17.2. The molecule has 0 spiro atoms. The van der Waals surface area contributed by atoms with Crippen molar-refractivity contribution in [2.24, 2.45) is 21.6 Å². The first kappa shape index (κ1) is 34.7. The lowest BCUT2D eigenvalue weighted by atomic mass is 9.75. The Morgan fingerprint density at radius 1 is 1.08 bits per heavy atom. The van der Waals surface area contributed by atoms with Gasteiger partial charge in [-0.2, -0.15) is 23.4 Å². The zero-order valence-electron chi connectivity index (χ0n) is 28.4. The summed E-state index contributed by atoms with van der Waals surface area (Å²) in [5.74, 6) is -1.60. The minimum atomic E-state index is -4.53. The number of nitrogens with zero attached hydrogens (tertiary/aromatic N) is 7. The standard InChI is InChI=1S/C36H38ClF3N8O3/c1-33(2,3)19-35(25-7-4-22(5-8-25)24-16-43-46(17-24)26-9-10-26)31(50)48(32(41)45-35)29(18-51-30(49)15-34(12-13-34)36(38,39)40)23-6-11-27(37)28(14-23)47-21-42-20-44-47/h4-8,11,14,16-17,20-21,26,29H,9-10,12-13,15,18-19H2,1-3H3,(H2,41,45)/t29-,35-/m1/s1. The lowest BCUT2D eigenvalue weighted by Crippen LogP contribution is -2.47. The van der Waals surface area contributed by atoms with Crippen LogP contribution in [-0.4, -0.2) is 60.1 Å². The number of hydrogen-bond donors (Lipinski definition) is 1. The highest BCUT2D eigenvalue weighted by atomic mass is 35.5. The average Bonchev–Trinajstić information content (AvgIpc) is 3.93. The van der Waals surface area contributed by atoms with E-state index < -0.39 is 53.5 Å². The van der Waals surface area contributed by atoms with Crippen molar-refractivity contribution < 1.29 is 27.5 Å². The number of benzene rings is 2. The molecule has 3 heterocycles. The zero-order valence-corrected chi connectivity index (χ0v) is 29.2. The monoisotopic (exact) mass is 722 g/mol. The van der Waals surface area contributed by atoms with Gasteiger partial charge in [0.2, 0.25) is 0 Å². The summed E-state index contributed by atoms with van der Waals surface area (Å²) < 4.78 is 50.0. The molecule has 51 heavy (non-hydrogen) atoms. The van der Waals surface area contributed by atoms with Crippen LogP contribution in [0.3, 0.4) is 0 Å². The normalized spacial score (nSPS) is 20.7. The lowest BCUT2D eigenvalue weighted by Gasteiger charge is -2.35. The molecule has 2 fully saturated rings. The molecule has 4 aromatic rings. The molecule has 0 unspecified atom stereocenters. The van der Waals surface area contributed by atoms with E-state index in [0.29, 0.717) is 27.9 Å². The van der Waals surface area contributed by atoms with Crippen LogP contribution in [0, 0.1) is 10.8 Å². The SMILES string of the molecule is CC(C)(C)C[C@]1(c2ccc(-c3cnn(C4CC4)c3)cc2)N=C(N)N([C@H](COC(=O)CC2(C(F)(F)F)CC2)c2ccc(Cl)c(-n3cncn3)c2)C1=O. The van der Waals surface area contributed by atoms with Gasteiger partial charge < -0.3 is 10.5 Å². The van der Waals surface area contributed by atoms with E-state index in [1.807, 2.05) is 62.1 Å². The molecule has 268 valence electrons. The molecule has 15 heteroatoms. The summed E-state index contributed by atoms with van der Waals surface area (Å²) in [4.78, 5) is 38.0. The molecule has 1 aliphatic heterocycles. The number of hydrogen-bond acceptors (Lipinski definition) is 8. The zero-order chi connectivity index (χ0) is 36.3. The quantitative estimate of drug-likeness (QED) is 0.166. The predicted molar refractivity (Wildman–Crippen MR) is 183 cm³/mol. The average molecular weight is 723 g/mol. The smallest absolute Gasteiger partial charge is 0.395 e. The van der Waals surface area contributed by atoms with Gasteiger partial charge >= 0.3 is 12.1 Å². The minimum Gasteiger partial charge on any atom is -0.463 e. The molecule has 2 aromatic carbocycles. The molecule has 3 aliphatic rings. The van der Waals surface area contributed by atoms with Crippen LogP contribution in [-0.2, 0) is 19.9 Å². The highest BCUT2D eigenvalue weighted by Gasteiger charge is 2.64. The van der Waals surface area contributed by atoms with Gasteiger partial charge in [-0.25, -0.2) is 14.7 Å². The van der Waals surface area contributed by atoms with E-state index in [0.717, 1.165) is 24.0 Å². The number of esters is 1. The fourth-order valence-corrected chi connectivity index (χ4v) is 7.02. The molecule has 11 nitrogen and oxygen atoms in total. The van der Waals surface area contributed by atoms with Gasteiger partial charge in [-0.1, -0.05) is 62.7 Å². The predicted octanol–water partition coefficient (Wildman–Crippen LogP) is 6.92. The molecule has 0 radical (unpaired) electrons. The van der Waals surface area contributed by atoms with Crippen LogP contribution in [0.2, 0.25) is 5.02 Å². The van der Waals surface area contributed by atoms with Crippen LogP contribution in [0.15, 0.2) is 72.5 Å². The number of carbonyl (C=O) groups is 2. The Morgan fingerprint density at radius 3 is 2.41 bits per heavy atom. The Balaban J connectivity index is 1.24. The molecule has 2 aliphatic carbocycles. The highest BCUT2D eigenvalue weighted by molar-refractivity contribution is 6.32. The van der Waals surface area contributed by atoms with Crippen molar-refractivity contribution in [2.75, 3.05) is 6.61 Å². The fraction of sp³-hybridized carbons (Fsp3) is 0.444. The molecule has 2 aromatic heterocycles. The van der Waals surface area contributed by atoms with E-state index in [1.165, 1.54) is 22.2 Å². The Hall–Kier alpha value is -4.72. The van der Waals surface area contributed by atoms with Gasteiger partial charge in [0, 0.05) is 11.8 Å². The van der Waals surface area contributed by atoms with Crippen molar-refractivity contribution in [3.05, 3.63) is 83.7 Å². The Kier molecular flexibility index (Phi) is 8.51. The fourth-order valence-electron chi connectivity index (χ4n) is 6.81. The molecule has 7 rings (SSSR count). The number of alkyl halides is 3. The maximum absolute atomic E-state index is 14.9. The van der Waals surface area contributed by atoms with Gasteiger partial charge in [0.25, 0.3) is 5.91 Å². The molecule has 1 amide bonds. The van der Waals surface area contributed by atoms with Gasteiger partial charge in [0.05, 0.1) is 40.8 Å². The molecule has 2 N–H and O–H groups in total. The van der Waals surface area contributed by atoms with Crippen LogP contribution in [0.5, 0.6) is 0 Å². The largest absolute Gasteiger partial charge is 0.463 e. The third-order valence-electron chi connectivity index (χ3n) is 9.80. The third-order valence-corrected chi connectivity index (χ3v) is 10.1. The maximum atomic E-state index is 14.9. The van der Waals surface area contributed by atoms with Crippen LogP contribution < -0.4 is 5.73 Å². The minimum absolute atomic E-state index is 0.119. The summed E-state index contributed by atoms with van der Waals surface area (Å²) in [7, 11) is 0. The van der Waals surface area contributed by atoms with E-state index in [2.05, 4.69) is 15.2 Å². The molecule has 2 atom stereocenters. The van der Waals surface area contributed by atoms with Crippen LogP contribution >= 0.6 is 11.6 Å². The number of halogens is 4. The maximum Gasteiger partial charge on any atom is 0.395 e. The third kappa shape index (κ3) is 6.73. The van der Waals surface area contributed by atoms with Gasteiger partial charge in [0.15, 0.2) is 11.5 Å². The van der Waals surface area contributed by atoms with E-state index in [9.17, 15) is 22.8 Å². The summed E-state index contributed by atoms with van der Waals surface area (Å²) in [6.45, 7) is 5.50. The summed E-state index contributed by atoms with van der Waals surface area (Å²) in [6, 6.07) is 11.8. The van der Waals surface area contributed by atoms with Crippen LogP contribution in [0.4, 0.5) is 13.2 Å². The van der Waals surface area contributed by atoms with Gasteiger partial charge in [-0.15, -0.1) is 0 Å². The Morgan fingerprint density at radius 2 is 1.80 bits per heavy atom. The second kappa shape index (κ2) is 12.5. The van der Waals surface area contributed by atoms with Crippen LogP contribution in [0.25, 0.3) is 16.8 Å². The van der Waals surface area contributed by atoms with E-state index in [1.54, 1.807) is 18.2 Å². The van der Waals surface area contributed by atoms with Crippen molar-refractivity contribution in [2.45, 2.75) is 83.1 Å². The highest BCUT2D eigenvalue weighted by Crippen LogP contribution is 2.60. The molecule has 0 saturated heterocycles. The Labute approximate surface area is 297 Å². The number of nitrogens with two attached hydrogens (primary N) is 1. The topological polar surface area (TPSA) is 134 Å². The van der Waals surface area contributed by atoms with Crippen LogP contribution in [0.1, 0.15) is 82.5 Å². The number of guanidine groups is 1. The second-order valence-corrected chi connectivity index (χ2v) is 15.4. The molecule has 2 saturated carbocycles. The van der Waals surface area contributed by atoms with Gasteiger partial charge in [-0.3, -0.25) is 19.2 Å². The van der Waals surface area contributed by atoms with Crippen molar-refractivity contribution in [1.29, 1.82) is 0 Å². The summed E-state index contributed by atoms with van der Waals surface area (Å²) in [5.41, 5.74) is 6.04. The number of aliphatic imine (C=N–C) groups is 1. The summed E-state index contributed by atoms with van der Waals surface area (Å²) in [5, 5.41) is 8.98. The molecule has 0 bridgehead atoms. The number of amides is 1. The first-order chi connectivity index (χ1) is 24.1. The van der Waals surface area contributed by atoms with E-state index >= 15 is 0 Å². The van der Waals surface area contributed by atoms with Crippen molar-refractivity contribution in [3.63, 3.8) is 0 Å². The van der Waals surface area contributed by atoms with Crippen molar-refractivity contribution in [1.82, 2.24) is 29.4 Å². The van der Waals surface area contributed by atoms with Gasteiger partial charge in [-0.05, 0) is 66.3 Å². The summed E-state index contributed by atoms with van der Waals surface area (Å²) in [6.07, 6.45) is 3.48. The van der Waals surface area contributed by atoms with Crippen molar-refractivity contribution >= 4 is 29.4 Å². The van der Waals surface area contributed by atoms with E-state index in [4.69, 9.17) is 27.1 Å². The number of rotatable bonds is 11. The second-order valence-electron chi connectivity index (χ2n) is 15.0. The van der Waals surface area contributed by atoms with E-state index in [-0.39, 0.29) is 25.2 Å². The number of ether oxygens (including phenoxy) is 1. The lowest BCUT2D eigenvalue weighted by molar-refractivity contribution is -0.195. The first-order valence-electron chi connectivity index (χ1n) is 16.8. The number of carbonyl (C=O) groups excluding carboxylic acids is 2. The Bertz CT molecular complexity index is 1980. The molecular weight excluding hydrogens is 685 g/mol. The summed E-state index contributed by atoms with van der Waals surface area (Å²) >= 11 is 6.52. The number of aromatic nitrogens is 5. The molecular formula is C36H38ClF3N8O3.